The van der Waals surface area contributed by atoms with Gasteiger partial charge in [-0.05, 0) is 36.6 Å². The van der Waals surface area contributed by atoms with Crippen LogP contribution in [0, 0.1) is 0 Å². The molecule has 1 unspecified atom stereocenters. The number of aliphatic hydroxyl groups excluding tert-OH is 1. The van der Waals surface area contributed by atoms with Gasteiger partial charge in [-0.3, -0.25) is 9.48 Å². The van der Waals surface area contributed by atoms with Gasteiger partial charge in [-0.15, -0.1) is 0 Å². The standard InChI is InChI=1S/C30H34F3N5O4S/c1-43(41,42)36-15-12-27-25(19-36)29(20-6-8-22(9-7-20)30(31,32)33)34-37(27)18-24(39)17-35-13-10-23(11-14-35)38-26-5-3-2-4-21(26)16-28(38)40/h2-9,23-24,39H,10-19H2,1H3. The van der Waals surface area contributed by atoms with Crippen LogP contribution in [-0.4, -0.2) is 83.0 Å². The van der Waals surface area contributed by atoms with Crippen LogP contribution < -0.4 is 4.90 Å². The van der Waals surface area contributed by atoms with Gasteiger partial charge >= 0.3 is 6.18 Å². The molecular weight excluding hydrogens is 583 g/mol. The first kappa shape index (κ1) is 29.8. The van der Waals surface area contributed by atoms with E-state index in [0.29, 0.717) is 36.2 Å². The average Bonchev–Trinajstić information content (AvgIpc) is 3.49. The molecule has 1 saturated heterocycles. The fourth-order valence-electron chi connectivity index (χ4n) is 6.54. The summed E-state index contributed by atoms with van der Waals surface area (Å²) in [7, 11) is -3.49. The Morgan fingerprint density at radius 2 is 1.72 bits per heavy atom. The number of aromatic nitrogens is 2. The number of alkyl halides is 3. The minimum atomic E-state index is -4.47. The number of halogens is 3. The summed E-state index contributed by atoms with van der Waals surface area (Å²) >= 11 is 0. The van der Waals surface area contributed by atoms with Gasteiger partial charge in [0.25, 0.3) is 0 Å². The maximum atomic E-state index is 13.2. The molecule has 3 aromatic rings. The first-order valence-electron chi connectivity index (χ1n) is 14.4. The number of carbonyl (C=O) groups excluding carboxylic acids is 1. The number of anilines is 1. The van der Waals surface area contributed by atoms with E-state index in [9.17, 15) is 31.5 Å². The Labute approximate surface area is 248 Å². The maximum absolute atomic E-state index is 13.2. The highest BCUT2D eigenvalue weighted by atomic mass is 32.2. The van der Waals surface area contributed by atoms with Crippen molar-refractivity contribution in [2.45, 2.75) is 57.1 Å². The second-order valence-electron chi connectivity index (χ2n) is 11.6. The monoisotopic (exact) mass is 617 g/mol. The predicted molar refractivity (Wildman–Crippen MR) is 155 cm³/mol. The number of piperidine rings is 1. The van der Waals surface area contributed by atoms with Gasteiger partial charge < -0.3 is 14.9 Å². The fraction of sp³-hybridized carbons (Fsp3) is 0.467. The lowest BCUT2D eigenvalue weighted by Crippen LogP contribution is -2.48. The molecule has 1 atom stereocenters. The number of rotatable bonds is 7. The number of para-hydroxylation sites is 1. The Balaban J connectivity index is 1.15. The van der Waals surface area contributed by atoms with E-state index in [-0.39, 0.29) is 31.6 Å². The Morgan fingerprint density at radius 1 is 1.02 bits per heavy atom. The lowest BCUT2D eigenvalue weighted by atomic mass is 10.0. The number of hydrogen-bond donors (Lipinski definition) is 1. The van der Waals surface area contributed by atoms with Crippen molar-refractivity contribution < 1.29 is 31.5 Å². The van der Waals surface area contributed by atoms with E-state index in [1.165, 1.54) is 16.4 Å². The van der Waals surface area contributed by atoms with Crippen molar-refractivity contribution in [3.63, 3.8) is 0 Å². The molecule has 0 bridgehead atoms. The third-order valence-corrected chi connectivity index (χ3v) is 9.94. The summed E-state index contributed by atoms with van der Waals surface area (Å²) in [5.41, 5.74) is 3.56. The van der Waals surface area contributed by atoms with Crippen LogP contribution >= 0.6 is 0 Å². The van der Waals surface area contributed by atoms with E-state index >= 15 is 0 Å². The molecule has 13 heteroatoms. The molecular formula is C30H34F3N5O4S. The molecule has 1 N–H and O–H groups in total. The zero-order valence-corrected chi connectivity index (χ0v) is 24.6. The van der Waals surface area contributed by atoms with Crippen LogP contribution in [0.3, 0.4) is 0 Å². The van der Waals surface area contributed by atoms with Gasteiger partial charge in [0.1, 0.15) is 0 Å². The highest BCUT2D eigenvalue weighted by Crippen LogP contribution is 2.35. The third-order valence-electron chi connectivity index (χ3n) is 8.69. The largest absolute Gasteiger partial charge is 0.416 e. The Hall–Kier alpha value is -3.26. The zero-order chi connectivity index (χ0) is 30.5. The van der Waals surface area contributed by atoms with E-state index in [1.54, 1.807) is 4.68 Å². The van der Waals surface area contributed by atoms with Crippen molar-refractivity contribution in [1.29, 1.82) is 0 Å². The molecule has 0 radical (unpaired) electrons. The molecule has 3 aliphatic rings. The lowest BCUT2D eigenvalue weighted by Gasteiger charge is -2.37. The Bertz CT molecular complexity index is 1620. The molecule has 2 aromatic carbocycles. The van der Waals surface area contributed by atoms with Crippen LogP contribution in [0.5, 0.6) is 0 Å². The topological polar surface area (TPSA) is 99.0 Å². The van der Waals surface area contributed by atoms with Gasteiger partial charge in [0.2, 0.25) is 15.9 Å². The minimum absolute atomic E-state index is 0.0620. The van der Waals surface area contributed by atoms with Gasteiger partial charge in [-0.1, -0.05) is 30.3 Å². The van der Waals surface area contributed by atoms with Crippen LogP contribution in [0.15, 0.2) is 48.5 Å². The zero-order valence-electron chi connectivity index (χ0n) is 23.8. The third kappa shape index (κ3) is 6.08. The quantitative estimate of drug-likeness (QED) is 0.437. The number of nitrogens with zero attached hydrogens (tertiary/aromatic N) is 5. The normalized spacial score (nSPS) is 19.5. The molecule has 4 heterocycles. The number of benzene rings is 2. The van der Waals surface area contributed by atoms with Crippen molar-refractivity contribution in [2.75, 3.05) is 37.3 Å². The number of carbonyl (C=O) groups is 1. The van der Waals surface area contributed by atoms with Crippen molar-refractivity contribution >= 4 is 21.6 Å². The summed E-state index contributed by atoms with van der Waals surface area (Å²) in [5.74, 6) is 0.126. The average molecular weight is 618 g/mol. The van der Waals surface area contributed by atoms with Crippen molar-refractivity contribution in [1.82, 2.24) is 19.0 Å². The number of likely N-dealkylation sites (tertiary alicyclic amines) is 1. The van der Waals surface area contributed by atoms with Gasteiger partial charge in [0.15, 0.2) is 0 Å². The number of aliphatic hydroxyl groups is 1. The molecule has 0 aliphatic carbocycles. The van der Waals surface area contributed by atoms with E-state index in [0.717, 1.165) is 61.3 Å². The smallest absolute Gasteiger partial charge is 0.390 e. The van der Waals surface area contributed by atoms with Crippen molar-refractivity contribution in [2.24, 2.45) is 0 Å². The molecule has 0 spiro atoms. The predicted octanol–water partition coefficient (Wildman–Crippen LogP) is 3.30. The SMILES string of the molecule is CS(=O)(=O)N1CCc2c(c(-c3ccc(C(F)(F)F)cc3)nn2CC(O)CN2CCC(N3C(=O)Cc4ccccc43)CC2)C1. The van der Waals surface area contributed by atoms with Gasteiger partial charge in [0, 0.05) is 67.7 Å². The van der Waals surface area contributed by atoms with Crippen LogP contribution in [-0.2, 0) is 46.9 Å². The number of sulfonamides is 1. The summed E-state index contributed by atoms with van der Waals surface area (Å²) in [6.07, 6.45) is -1.72. The van der Waals surface area contributed by atoms with Crippen LogP contribution in [0.25, 0.3) is 11.3 Å². The van der Waals surface area contributed by atoms with Crippen molar-refractivity contribution in [3.05, 3.63) is 70.9 Å². The molecule has 9 nitrogen and oxygen atoms in total. The van der Waals surface area contributed by atoms with Crippen LogP contribution in [0.2, 0.25) is 0 Å². The second kappa shape index (κ2) is 11.3. The number of hydrogen-bond acceptors (Lipinski definition) is 6. The van der Waals surface area contributed by atoms with Crippen molar-refractivity contribution in [3.8, 4) is 11.3 Å². The summed E-state index contributed by atoms with van der Waals surface area (Å²) in [6.45, 7) is 2.34. The number of fused-ring (bicyclic) bond motifs is 2. The van der Waals surface area contributed by atoms with Crippen LogP contribution in [0.1, 0.15) is 35.2 Å². The van der Waals surface area contributed by atoms with E-state index in [4.69, 9.17) is 0 Å². The number of β-amino-alcohol motifs (C(OH)–C–C–N with tert-alkyl or cyclic N) is 1. The molecule has 0 saturated carbocycles. The minimum Gasteiger partial charge on any atom is -0.390 e. The molecule has 1 amide bonds. The van der Waals surface area contributed by atoms with Gasteiger partial charge in [0.05, 0.1) is 36.6 Å². The second-order valence-corrected chi connectivity index (χ2v) is 13.6. The van der Waals surface area contributed by atoms with Gasteiger partial charge in [-0.25, -0.2) is 8.42 Å². The summed E-state index contributed by atoms with van der Waals surface area (Å²) in [6, 6.07) is 12.7. The maximum Gasteiger partial charge on any atom is 0.416 e. The molecule has 1 aromatic heterocycles. The fourth-order valence-corrected chi connectivity index (χ4v) is 7.33. The Kier molecular flexibility index (Phi) is 7.86. The van der Waals surface area contributed by atoms with E-state index < -0.39 is 27.9 Å². The first-order valence-corrected chi connectivity index (χ1v) is 16.2. The van der Waals surface area contributed by atoms with Crippen LogP contribution in [0.4, 0.5) is 18.9 Å². The summed E-state index contributed by atoms with van der Waals surface area (Å²) in [4.78, 5) is 16.8. The summed E-state index contributed by atoms with van der Waals surface area (Å²) in [5, 5.41) is 15.8. The summed E-state index contributed by atoms with van der Waals surface area (Å²) < 4.78 is 67.1. The number of amides is 1. The van der Waals surface area contributed by atoms with E-state index in [2.05, 4.69) is 10.00 Å². The molecule has 43 heavy (non-hydrogen) atoms. The lowest BCUT2D eigenvalue weighted by molar-refractivity contribution is -0.137. The molecule has 6 rings (SSSR count). The molecule has 3 aliphatic heterocycles. The highest BCUT2D eigenvalue weighted by Gasteiger charge is 2.36. The van der Waals surface area contributed by atoms with E-state index in [1.807, 2.05) is 29.2 Å². The molecule has 1 fully saturated rings. The molecule has 230 valence electrons. The highest BCUT2D eigenvalue weighted by molar-refractivity contribution is 7.88. The Morgan fingerprint density at radius 3 is 2.40 bits per heavy atom. The first-order chi connectivity index (χ1) is 20.4. The van der Waals surface area contributed by atoms with Gasteiger partial charge in [-0.2, -0.15) is 22.6 Å².